The van der Waals surface area contributed by atoms with E-state index in [0.717, 1.165) is 78.4 Å². The van der Waals surface area contributed by atoms with Gasteiger partial charge in [0.1, 0.15) is 0 Å². The Labute approximate surface area is 400 Å². The van der Waals surface area contributed by atoms with Crippen LogP contribution < -0.4 is 9.97 Å². The van der Waals surface area contributed by atoms with Crippen molar-refractivity contribution >= 4 is 43.9 Å². The molecule has 0 saturated heterocycles. The zero-order chi connectivity index (χ0) is 42.1. The standard InChI is InChI=1S/2C17H11N2.2C10H9N2.2Pt/c2*1-2-6-12(7-3-1)15-11-10-14-13-8-4-5-9-16(13)19-17(14)18-15;2*1-12-8-7-11-10(12)9-5-3-2-4-6-9;;/h2*1-11H;2*2-5,7-8H,1H3;;/q4*-1;2*+2. The Kier molecular flexibility index (Phi) is 15.1. The molecule has 12 aromatic rings. The normalized spacial score (nSPS) is 10.4. The number of aromatic nitrogens is 8. The fourth-order valence-electron chi connectivity index (χ4n) is 7.17. The van der Waals surface area contributed by atoms with E-state index in [0.29, 0.717) is 0 Å². The first-order valence-corrected chi connectivity index (χ1v) is 20.2. The van der Waals surface area contributed by atoms with Crippen LogP contribution in [0, 0.1) is 12.1 Å². The smallest absolute Gasteiger partial charge is 0.435 e. The number of nitrogens with zero attached hydrogens (tertiary/aromatic N) is 8. The maximum Gasteiger partial charge on any atom is 2.00 e. The molecule has 6 heterocycles. The molecule has 12 rings (SSSR count). The predicted molar refractivity (Wildman–Crippen MR) is 251 cm³/mol. The molecule has 0 spiro atoms. The van der Waals surface area contributed by atoms with Gasteiger partial charge in [0.25, 0.3) is 0 Å². The minimum Gasteiger partial charge on any atom is -0.435 e. The minimum atomic E-state index is 0. The fourth-order valence-corrected chi connectivity index (χ4v) is 7.17. The van der Waals surface area contributed by atoms with Crippen molar-refractivity contribution < 1.29 is 42.1 Å². The Morgan fingerprint density at radius 3 is 1.17 bits per heavy atom. The number of rotatable bonds is 4. The summed E-state index contributed by atoms with van der Waals surface area (Å²) in [5.74, 6) is 1.91. The maximum atomic E-state index is 4.67. The molecular formula is C54H40N8Pt2. The first-order valence-electron chi connectivity index (χ1n) is 20.2. The molecular weight excluding hydrogens is 1150 g/mol. The van der Waals surface area contributed by atoms with Crippen LogP contribution in [-0.4, -0.2) is 29.1 Å². The van der Waals surface area contributed by atoms with Gasteiger partial charge >= 0.3 is 42.1 Å². The molecule has 8 nitrogen and oxygen atoms in total. The van der Waals surface area contributed by atoms with Crippen LogP contribution in [0.5, 0.6) is 0 Å². The number of pyridine rings is 2. The van der Waals surface area contributed by atoms with Crippen molar-refractivity contribution in [2.24, 2.45) is 14.1 Å². The van der Waals surface area contributed by atoms with Gasteiger partial charge in [-0.1, -0.05) is 145 Å². The summed E-state index contributed by atoms with van der Waals surface area (Å²) in [4.78, 5) is 27.0. The average Bonchev–Trinajstić information content (AvgIpc) is 4.15. The summed E-state index contributed by atoms with van der Waals surface area (Å²) in [6, 6.07) is 67.0. The molecule has 0 amide bonds. The van der Waals surface area contributed by atoms with E-state index in [1.165, 1.54) is 10.8 Å². The molecule has 0 aliphatic carbocycles. The second-order valence-corrected chi connectivity index (χ2v) is 14.4. The van der Waals surface area contributed by atoms with Crippen molar-refractivity contribution in [3.8, 4) is 45.3 Å². The van der Waals surface area contributed by atoms with Gasteiger partial charge in [-0.05, 0) is 55.1 Å². The number of para-hydroxylation sites is 2. The summed E-state index contributed by atoms with van der Waals surface area (Å²) in [5, 5.41) is 4.58. The molecule has 316 valence electrons. The predicted octanol–water partition coefficient (Wildman–Crippen LogP) is 11.8. The molecule has 0 aliphatic heterocycles. The summed E-state index contributed by atoms with van der Waals surface area (Å²) in [6.07, 6.45) is 7.43. The molecule has 0 radical (unpaired) electrons. The summed E-state index contributed by atoms with van der Waals surface area (Å²) in [5.41, 5.74) is 9.91. The van der Waals surface area contributed by atoms with Crippen LogP contribution in [0.2, 0.25) is 0 Å². The third-order valence-electron chi connectivity index (χ3n) is 10.3. The van der Waals surface area contributed by atoms with Crippen LogP contribution in [0.4, 0.5) is 0 Å². The van der Waals surface area contributed by atoms with E-state index in [1.54, 1.807) is 12.4 Å². The summed E-state index contributed by atoms with van der Waals surface area (Å²) in [7, 11) is 3.95. The molecule has 64 heavy (non-hydrogen) atoms. The topological polar surface area (TPSA) is 89.6 Å². The van der Waals surface area contributed by atoms with Crippen LogP contribution in [0.25, 0.3) is 89.2 Å². The molecule has 6 aromatic heterocycles. The quantitative estimate of drug-likeness (QED) is 0.163. The first kappa shape index (κ1) is 45.1. The van der Waals surface area contributed by atoms with Gasteiger partial charge in [0.2, 0.25) is 0 Å². The zero-order valence-electron chi connectivity index (χ0n) is 34.8. The number of benzene rings is 6. The molecule has 0 N–H and O–H groups in total. The SMILES string of the molecule is Cn1ccnc1-c1[c-]cccc1.Cn1ccnc1-c1[c-]cccc1.[Pt+2].[Pt+2].c1ccc(-c2ccc3c(n2)[n-]c2ccccc23)cc1.c1ccc(-c2ccc3c(n2)[n-]c2ccccc23)cc1. The van der Waals surface area contributed by atoms with E-state index < -0.39 is 0 Å². The van der Waals surface area contributed by atoms with E-state index in [9.17, 15) is 0 Å². The number of imidazole rings is 2. The molecule has 6 aromatic carbocycles. The molecule has 0 unspecified atom stereocenters. The van der Waals surface area contributed by atoms with Gasteiger partial charge in [0, 0.05) is 38.9 Å². The average molecular weight is 1190 g/mol. The monoisotopic (exact) mass is 1190 g/mol. The van der Waals surface area contributed by atoms with Crippen molar-refractivity contribution in [1.82, 2.24) is 39.0 Å². The molecule has 0 saturated carbocycles. The molecule has 10 heteroatoms. The van der Waals surface area contributed by atoms with E-state index in [1.807, 2.05) is 157 Å². The van der Waals surface area contributed by atoms with Crippen molar-refractivity contribution in [3.05, 3.63) is 219 Å². The second-order valence-electron chi connectivity index (χ2n) is 14.4. The van der Waals surface area contributed by atoms with Gasteiger partial charge in [-0.2, -0.15) is 0 Å². The van der Waals surface area contributed by atoms with Crippen molar-refractivity contribution in [2.75, 3.05) is 0 Å². The van der Waals surface area contributed by atoms with Crippen LogP contribution in [0.15, 0.2) is 207 Å². The van der Waals surface area contributed by atoms with Gasteiger partial charge in [0.15, 0.2) is 0 Å². The van der Waals surface area contributed by atoms with Crippen molar-refractivity contribution in [2.45, 2.75) is 0 Å². The zero-order valence-corrected chi connectivity index (χ0v) is 39.4. The van der Waals surface area contributed by atoms with Gasteiger partial charge < -0.3 is 29.1 Å². The number of fused-ring (bicyclic) bond motifs is 6. The van der Waals surface area contributed by atoms with E-state index in [4.69, 9.17) is 0 Å². The third-order valence-corrected chi connectivity index (χ3v) is 10.3. The maximum absolute atomic E-state index is 4.67. The van der Waals surface area contributed by atoms with Gasteiger partial charge in [0.05, 0.1) is 11.6 Å². The Morgan fingerprint density at radius 1 is 0.406 bits per heavy atom. The Balaban J connectivity index is 0.000000129. The first-order chi connectivity index (χ1) is 30.6. The van der Waals surface area contributed by atoms with Crippen molar-refractivity contribution in [3.63, 3.8) is 0 Å². The Morgan fingerprint density at radius 2 is 0.797 bits per heavy atom. The molecule has 0 aliphatic rings. The third kappa shape index (κ3) is 10.3. The molecule has 0 bridgehead atoms. The number of hydrogen-bond acceptors (Lipinski definition) is 4. The summed E-state index contributed by atoms with van der Waals surface area (Å²) < 4.78 is 3.96. The van der Waals surface area contributed by atoms with Crippen molar-refractivity contribution in [1.29, 1.82) is 0 Å². The van der Waals surface area contributed by atoms with Gasteiger partial charge in [-0.15, -0.1) is 71.8 Å². The molecule has 0 fully saturated rings. The Hall–Kier alpha value is -6.98. The number of aryl methyl sites for hydroxylation is 2. The number of hydrogen-bond donors (Lipinski definition) is 0. The van der Waals surface area contributed by atoms with Gasteiger partial charge in [-0.25, -0.2) is 0 Å². The van der Waals surface area contributed by atoms with Crippen LogP contribution in [-0.2, 0) is 56.2 Å². The van der Waals surface area contributed by atoms with Crippen LogP contribution in [0.3, 0.4) is 0 Å². The molecule has 0 atom stereocenters. The largest absolute Gasteiger partial charge is 2.00 e. The summed E-state index contributed by atoms with van der Waals surface area (Å²) in [6.45, 7) is 0. The summed E-state index contributed by atoms with van der Waals surface area (Å²) >= 11 is 0. The Bertz CT molecular complexity index is 3100. The van der Waals surface area contributed by atoms with Crippen LogP contribution in [0.1, 0.15) is 0 Å². The second kappa shape index (κ2) is 21.4. The van der Waals surface area contributed by atoms with E-state index >= 15 is 0 Å². The van der Waals surface area contributed by atoms with Crippen LogP contribution >= 0.6 is 0 Å². The fraction of sp³-hybridized carbons (Fsp3) is 0.0370. The van der Waals surface area contributed by atoms with E-state index in [-0.39, 0.29) is 42.1 Å². The van der Waals surface area contributed by atoms with Gasteiger partial charge in [-0.3, -0.25) is 9.97 Å². The van der Waals surface area contributed by atoms with E-state index in [2.05, 4.69) is 103 Å². The minimum absolute atomic E-state index is 0.